The molecular weight excluding hydrogens is 532 g/mol. The van der Waals surface area contributed by atoms with Gasteiger partial charge < -0.3 is 25.4 Å². The van der Waals surface area contributed by atoms with Crippen molar-refractivity contribution in [2.24, 2.45) is 11.8 Å². The lowest BCUT2D eigenvalue weighted by molar-refractivity contribution is -0.140. The molecule has 2 unspecified atom stereocenters. The van der Waals surface area contributed by atoms with Crippen molar-refractivity contribution in [1.82, 2.24) is 25.2 Å². The highest BCUT2D eigenvalue weighted by molar-refractivity contribution is 8.02. The smallest absolute Gasteiger partial charge is 0.245 e. The van der Waals surface area contributed by atoms with Crippen LogP contribution in [0.25, 0.3) is 11.0 Å². The Bertz CT molecular complexity index is 1460. The van der Waals surface area contributed by atoms with Crippen LogP contribution in [0.4, 0.5) is 5.69 Å². The Balaban J connectivity index is 1.26. The number of aromatic nitrogens is 3. The van der Waals surface area contributed by atoms with Crippen LogP contribution in [0.2, 0.25) is 0 Å². The van der Waals surface area contributed by atoms with E-state index in [1.165, 1.54) is 4.90 Å². The predicted molar refractivity (Wildman–Crippen MR) is 149 cm³/mol. The molecule has 3 aliphatic rings. The molecule has 1 spiro atoms. The van der Waals surface area contributed by atoms with Gasteiger partial charge in [0, 0.05) is 17.0 Å². The number of carbonyl (C=O) groups excluding carboxylic acids is 3. The number of likely N-dealkylation sites (tertiary alicyclic amines) is 1. The molecule has 1 aromatic heterocycles. The van der Waals surface area contributed by atoms with Gasteiger partial charge in [-0.25, -0.2) is 4.68 Å². The zero-order valence-corrected chi connectivity index (χ0v) is 23.2. The van der Waals surface area contributed by atoms with Gasteiger partial charge in [0.15, 0.2) is 0 Å². The van der Waals surface area contributed by atoms with E-state index in [0.717, 1.165) is 5.52 Å². The lowest BCUT2D eigenvalue weighted by Gasteiger charge is -2.34. The van der Waals surface area contributed by atoms with Gasteiger partial charge >= 0.3 is 0 Å². The zero-order chi connectivity index (χ0) is 28.1. The van der Waals surface area contributed by atoms with Gasteiger partial charge in [0.1, 0.15) is 24.0 Å². The summed E-state index contributed by atoms with van der Waals surface area (Å²) in [4.78, 5) is 42.9. The number of para-hydroxylation sites is 1. The number of hydrogen-bond donors (Lipinski definition) is 3. The number of anilines is 1. The van der Waals surface area contributed by atoms with Crippen LogP contribution in [0.5, 0.6) is 5.75 Å². The van der Waals surface area contributed by atoms with E-state index in [9.17, 15) is 19.5 Å². The monoisotopic (exact) mass is 564 g/mol. The van der Waals surface area contributed by atoms with Crippen LogP contribution >= 0.6 is 11.8 Å². The summed E-state index contributed by atoms with van der Waals surface area (Å²) in [7, 11) is 0. The highest BCUT2D eigenvalue weighted by atomic mass is 32.2. The first-order chi connectivity index (χ1) is 19.3. The number of thioether (sulfide) groups is 1. The zero-order valence-electron chi connectivity index (χ0n) is 22.4. The van der Waals surface area contributed by atoms with E-state index in [2.05, 4.69) is 20.9 Å². The van der Waals surface area contributed by atoms with Crippen molar-refractivity contribution in [3.8, 4) is 5.75 Å². The minimum atomic E-state index is -0.818. The van der Waals surface area contributed by atoms with Crippen molar-refractivity contribution in [2.75, 3.05) is 25.1 Å². The highest BCUT2D eigenvalue weighted by Gasteiger charge is 2.77. The topological polar surface area (TPSA) is 139 Å². The average Bonchev–Trinajstić information content (AvgIpc) is 3.65. The van der Waals surface area contributed by atoms with E-state index in [4.69, 9.17) is 4.74 Å². The standard InChI is InChI=1S/C28H32N6O5S/c1-3-39-18-10-8-17(9-11-18)30-24(36)21-22-26(38)33(14-15-35)23(28(22)13-12-27(21,2)40-28)25(37)29-16-34-20-7-5-4-6-19(20)31-32-34/h4-11,21-23,35H,3,12-16H2,1-2H3,(H,29,37)(H,30,36)/t21-,22-,23?,27+,28?/m0/s1. The summed E-state index contributed by atoms with van der Waals surface area (Å²) in [5, 5.41) is 24.0. The van der Waals surface area contributed by atoms with Gasteiger partial charge in [-0.05, 0) is 63.1 Å². The largest absolute Gasteiger partial charge is 0.494 e. The number of carbonyl (C=O) groups is 3. The predicted octanol–water partition coefficient (Wildman–Crippen LogP) is 2.02. The Hall–Kier alpha value is -3.64. The normalized spacial score (nSPS) is 28.6. The number of amides is 3. The molecule has 0 aliphatic carbocycles. The van der Waals surface area contributed by atoms with Crippen LogP contribution in [0, 0.1) is 11.8 Å². The molecule has 210 valence electrons. The minimum absolute atomic E-state index is 0.0198. The summed E-state index contributed by atoms with van der Waals surface area (Å²) in [6.45, 7) is 4.29. The SMILES string of the molecule is CCOc1ccc(NC(=O)[C@@H]2[C@H]3C(=O)N(CCO)C(C(=O)NCn4nnc5ccccc54)C34CC[C@@]2(C)S4)cc1. The van der Waals surface area contributed by atoms with E-state index in [1.807, 2.05) is 38.1 Å². The summed E-state index contributed by atoms with van der Waals surface area (Å²) in [5.41, 5.74) is 2.11. The van der Waals surface area contributed by atoms with Crippen LogP contribution in [0.1, 0.15) is 26.7 Å². The van der Waals surface area contributed by atoms with Crippen molar-refractivity contribution in [2.45, 2.75) is 48.9 Å². The van der Waals surface area contributed by atoms with Gasteiger partial charge in [-0.2, -0.15) is 0 Å². The quantitative estimate of drug-likeness (QED) is 0.359. The summed E-state index contributed by atoms with van der Waals surface area (Å²) in [5.74, 6) is -1.41. The van der Waals surface area contributed by atoms with E-state index in [-0.39, 0.29) is 37.5 Å². The van der Waals surface area contributed by atoms with E-state index >= 15 is 0 Å². The van der Waals surface area contributed by atoms with Gasteiger partial charge in [-0.3, -0.25) is 14.4 Å². The second-order valence-corrected chi connectivity index (χ2v) is 12.6. The third-order valence-corrected chi connectivity index (χ3v) is 10.4. The fourth-order valence-corrected chi connectivity index (χ4v) is 9.14. The van der Waals surface area contributed by atoms with Crippen molar-refractivity contribution in [1.29, 1.82) is 0 Å². The summed E-state index contributed by atoms with van der Waals surface area (Å²) in [6, 6.07) is 13.8. The maximum Gasteiger partial charge on any atom is 0.245 e. The van der Waals surface area contributed by atoms with Gasteiger partial charge in [0.25, 0.3) is 0 Å². The summed E-state index contributed by atoms with van der Waals surface area (Å²) >= 11 is 1.58. The first-order valence-electron chi connectivity index (χ1n) is 13.5. The molecule has 2 aromatic carbocycles. The van der Waals surface area contributed by atoms with Gasteiger partial charge in [-0.1, -0.05) is 17.3 Å². The Morgan fingerprint density at radius 1 is 1.15 bits per heavy atom. The average molecular weight is 565 g/mol. The Morgan fingerprint density at radius 2 is 1.93 bits per heavy atom. The lowest BCUT2D eigenvalue weighted by Crippen LogP contribution is -2.54. The molecule has 3 aromatic rings. The minimum Gasteiger partial charge on any atom is -0.494 e. The molecule has 6 rings (SSSR count). The number of rotatable bonds is 9. The molecule has 3 amide bonds. The van der Waals surface area contributed by atoms with Crippen LogP contribution < -0.4 is 15.4 Å². The number of nitrogens with one attached hydrogen (secondary N) is 2. The van der Waals surface area contributed by atoms with Crippen molar-refractivity contribution < 1.29 is 24.2 Å². The van der Waals surface area contributed by atoms with Gasteiger partial charge in [0.05, 0.1) is 35.3 Å². The third-order valence-electron chi connectivity index (χ3n) is 8.40. The number of nitrogens with zero attached hydrogens (tertiary/aromatic N) is 4. The Kier molecular flexibility index (Phi) is 6.70. The molecule has 11 nitrogen and oxygen atoms in total. The van der Waals surface area contributed by atoms with Crippen LogP contribution in [-0.4, -0.2) is 78.0 Å². The maximum atomic E-state index is 13.9. The van der Waals surface area contributed by atoms with E-state index in [1.54, 1.807) is 40.7 Å². The van der Waals surface area contributed by atoms with Gasteiger partial charge in [0.2, 0.25) is 17.7 Å². The van der Waals surface area contributed by atoms with Gasteiger partial charge in [-0.15, -0.1) is 16.9 Å². The number of ether oxygens (including phenoxy) is 1. The molecule has 0 radical (unpaired) electrons. The molecule has 5 atom stereocenters. The second kappa shape index (κ2) is 10.1. The van der Waals surface area contributed by atoms with E-state index in [0.29, 0.717) is 36.4 Å². The third kappa shape index (κ3) is 4.12. The maximum absolute atomic E-state index is 13.9. The molecule has 0 saturated carbocycles. The van der Waals surface area contributed by atoms with Crippen molar-refractivity contribution >= 4 is 46.2 Å². The fourth-order valence-electron chi connectivity index (χ4n) is 6.78. The number of benzene rings is 2. The summed E-state index contributed by atoms with van der Waals surface area (Å²) in [6.07, 6.45) is 1.33. The van der Waals surface area contributed by atoms with Crippen LogP contribution in [-0.2, 0) is 21.1 Å². The number of aliphatic hydroxyl groups excluding tert-OH is 1. The molecule has 3 aliphatic heterocycles. The van der Waals surface area contributed by atoms with Crippen molar-refractivity contribution in [3.05, 3.63) is 48.5 Å². The number of fused-ring (bicyclic) bond motifs is 2. The molecule has 3 fully saturated rings. The lowest BCUT2D eigenvalue weighted by atomic mass is 9.66. The number of hydrogen-bond acceptors (Lipinski definition) is 8. The molecule has 4 heterocycles. The highest BCUT2D eigenvalue weighted by Crippen LogP contribution is 2.71. The van der Waals surface area contributed by atoms with Crippen molar-refractivity contribution in [3.63, 3.8) is 0 Å². The second-order valence-electron chi connectivity index (χ2n) is 10.7. The number of aliphatic hydroxyl groups is 1. The van der Waals surface area contributed by atoms with Crippen LogP contribution in [0.3, 0.4) is 0 Å². The first-order valence-corrected chi connectivity index (χ1v) is 14.3. The molecule has 3 saturated heterocycles. The first kappa shape index (κ1) is 26.6. The van der Waals surface area contributed by atoms with E-state index < -0.39 is 27.4 Å². The molecule has 2 bridgehead atoms. The molecule has 3 N–H and O–H groups in total. The molecule has 40 heavy (non-hydrogen) atoms. The van der Waals surface area contributed by atoms with Crippen LogP contribution in [0.15, 0.2) is 48.5 Å². The number of β-amino-alcohol motifs (C(OH)–C–C–N with tert-alkyl or cyclic N) is 1. The molecular formula is C28H32N6O5S. The summed E-state index contributed by atoms with van der Waals surface area (Å²) < 4.78 is 5.83. The Labute approximate surface area is 235 Å². The Morgan fingerprint density at radius 3 is 2.67 bits per heavy atom. The fraction of sp³-hybridized carbons (Fsp3) is 0.464. The molecule has 12 heteroatoms.